The third-order valence-corrected chi connectivity index (χ3v) is 1.77. The second-order valence-electron chi connectivity index (χ2n) is 0.889. The largest absolute Gasteiger partial charge is 0.683 e. The SMILES string of the molecule is O=P(=O)O[Si](O)(O)O.[AlH3].[MgH2].[MgH2]. The highest BCUT2D eigenvalue weighted by molar-refractivity contribution is 7.26. The van der Waals surface area contributed by atoms with Crippen LogP contribution in [0.5, 0.6) is 0 Å². The summed E-state index contributed by atoms with van der Waals surface area (Å²) in [5.41, 5.74) is 0. The standard InChI is InChI=1S/Al.2Mg.H3O6PSi.7H/c;;;1-7(2)6-8(3,4)5;;;;;;;/h;;;3-5H;;;;;;;. The first-order valence-electron chi connectivity index (χ1n) is 1.42. The van der Waals surface area contributed by atoms with Crippen molar-refractivity contribution in [1.29, 1.82) is 0 Å². The molecule has 0 radical (unpaired) electrons. The van der Waals surface area contributed by atoms with E-state index in [0.29, 0.717) is 0 Å². The van der Waals surface area contributed by atoms with Gasteiger partial charge in [-0.2, -0.15) is 0 Å². The summed E-state index contributed by atoms with van der Waals surface area (Å²) >= 11 is 0. The molecule has 0 fully saturated rings. The van der Waals surface area contributed by atoms with Crippen molar-refractivity contribution >= 4 is 80.4 Å². The Labute approximate surface area is 107 Å². The zero-order chi connectivity index (χ0) is 6.78. The molecule has 0 bridgehead atoms. The summed E-state index contributed by atoms with van der Waals surface area (Å²) in [4.78, 5) is 23.5. The van der Waals surface area contributed by atoms with Crippen molar-refractivity contribution in [2.75, 3.05) is 0 Å². The van der Waals surface area contributed by atoms with Crippen LogP contribution in [0, 0.1) is 0 Å². The van der Waals surface area contributed by atoms with Crippen molar-refractivity contribution in [3.63, 3.8) is 0 Å². The molecule has 3 N–H and O–H groups in total. The normalized spacial score (nSPS) is 8.27. The van der Waals surface area contributed by atoms with E-state index in [0.717, 1.165) is 0 Å². The van der Waals surface area contributed by atoms with E-state index in [1.54, 1.807) is 0 Å². The third-order valence-electron chi connectivity index (χ3n) is 0.197. The fourth-order valence-corrected chi connectivity index (χ4v) is 0.900. The third kappa shape index (κ3) is 24.5. The van der Waals surface area contributed by atoms with Gasteiger partial charge in [0.15, 0.2) is 17.4 Å². The maximum atomic E-state index is 9.38. The van der Waals surface area contributed by atoms with Crippen LogP contribution in [0.25, 0.3) is 0 Å². The van der Waals surface area contributed by atoms with Crippen LogP contribution in [0.2, 0.25) is 0 Å². The summed E-state index contributed by atoms with van der Waals surface area (Å²) < 4.78 is 22.0. The van der Waals surface area contributed by atoms with Crippen LogP contribution in [0.3, 0.4) is 0 Å². The van der Waals surface area contributed by atoms with E-state index < -0.39 is 17.0 Å². The molecule has 0 unspecified atom stereocenters. The molecule has 0 amide bonds. The first-order valence-corrected chi connectivity index (χ1v) is 4.27. The molecule has 0 heterocycles. The zero-order valence-electron chi connectivity index (χ0n) is 3.51. The van der Waals surface area contributed by atoms with Gasteiger partial charge in [0.05, 0.1) is 0 Å². The van der Waals surface area contributed by atoms with Gasteiger partial charge in [-0.1, -0.05) is 0 Å². The molecule has 0 saturated carbocycles. The minimum absolute atomic E-state index is 0. The lowest BCUT2D eigenvalue weighted by atomic mass is 15.7. The second kappa shape index (κ2) is 10.1. The zero-order valence-corrected chi connectivity index (χ0v) is 5.41. The quantitative estimate of drug-likeness (QED) is 0.332. The van der Waals surface area contributed by atoms with Gasteiger partial charge < -0.3 is 14.4 Å². The van der Waals surface area contributed by atoms with Crippen LogP contribution in [0.1, 0.15) is 0 Å². The monoisotopic (exact) mass is 240 g/mol. The van der Waals surface area contributed by atoms with Gasteiger partial charge in [0.1, 0.15) is 0 Å². The van der Waals surface area contributed by atoms with Gasteiger partial charge in [-0.3, -0.25) is 0 Å². The first kappa shape index (κ1) is 23.1. The molecule has 0 aliphatic carbocycles. The summed E-state index contributed by atoms with van der Waals surface area (Å²) in [6.45, 7) is 0. The molecule has 0 aromatic carbocycles. The highest BCUT2D eigenvalue weighted by Crippen LogP contribution is 2.08. The molecule has 0 aliphatic rings. The molecular formula is H10AlMg2O6PSi. The molecule has 0 aromatic rings. The van der Waals surface area contributed by atoms with Gasteiger partial charge in [-0.25, -0.2) is 13.3 Å². The molecule has 6 nitrogen and oxygen atoms in total. The summed E-state index contributed by atoms with van der Waals surface area (Å²) in [6.07, 6.45) is 0. The Hall–Kier alpha value is 2.02. The highest BCUT2D eigenvalue weighted by Gasteiger charge is 2.33. The van der Waals surface area contributed by atoms with E-state index in [1.165, 1.54) is 0 Å². The summed E-state index contributed by atoms with van der Waals surface area (Å²) in [5, 5.41) is 0. The maximum absolute atomic E-state index is 9.38. The van der Waals surface area contributed by atoms with E-state index in [4.69, 9.17) is 14.4 Å². The lowest BCUT2D eigenvalue weighted by Crippen LogP contribution is -2.35. The summed E-state index contributed by atoms with van der Waals surface area (Å²) in [7, 11) is -8.19. The van der Waals surface area contributed by atoms with E-state index in [9.17, 15) is 9.13 Å². The number of hydrogen-bond donors (Lipinski definition) is 3. The fourth-order valence-electron chi connectivity index (χ4n) is 0.100. The van der Waals surface area contributed by atoms with E-state index >= 15 is 0 Å². The van der Waals surface area contributed by atoms with Crippen LogP contribution in [0.4, 0.5) is 0 Å². The Bertz CT molecular complexity index is 132. The van der Waals surface area contributed by atoms with Gasteiger partial charge in [-0.05, 0) is 0 Å². The van der Waals surface area contributed by atoms with Crippen LogP contribution < -0.4 is 0 Å². The average molecular weight is 241 g/mol. The van der Waals surface area contributed by atoms with Crippen molar-refractivity contribution < 1.29 is 27.7 Å². The molecule has 11 heavy (non-hydrogen) atoms. The average Bonchev–Trinajstić information content (AvgIpc) is 1.21. The minimum atomic E-state index is -4.82. The molecule has 0 aromatic heterocycles. The predicted molar refractivity (Wildman–Crippen MR) is 48.8 cm³/mol. The number of rotatable bonds is 2. The lowest BCUT2D eigenvalue weighted by molar-refractivity contribution is 0.130. The Morgan fingerprint density at radius 1 is 1.09 bits per heavy atom. The van der Waals surface area contributed by atoms with Gasteiger partial charge in [0, 0.05) is 0 Å². The molecule has 62 valence electrons. The Morgan fingerprint density at radius 3 is 1.36 bits per heavy atom. The number of hydrogen-bond acceptors (Lipinski definition) is 6. The fraction of sp³-hybridized carbons (Fsp3) is 0. The van der Waals surface area contributed by atoms with Gasteiger partial charge in [0.25, 0.3) is 0 Å². The Balaban J connectivity index is -0.0000000817. The van der Waals surface area contributed by atoms with Crippen LogP contribution in [-0.4, -0.2) is 86.9 Å². The second-order valence-corrected chi connectivity index (χ2v) is 3.21. The molecule has 0 atom stereocenters. The molecule has 0 rings (SSSR count). The van der Waals surface area contributed by atoms with Crippen LogP contribution in [0.15, 0.2) is 0 Å². The van der Waals surface area contributed by atoms with Gasteiger partial charge >= 0.3 is 63.1 Å². The molecule has 0 aliphatic heterocycles. The van der Waals surface area contributed by atoms with Crippen molar-refractivity contribution in [1.82, 2.24) is 0 Å². The van der Waals surface area contributed by atoms with E-state index in [2.05, 4.69) is 4.21 Å². The smallest absolute Gasteiger partial charge is 0.367 e. The minimum Gasteiger partial charge on any atom is -0.367 e. The molecule has 11 heteroatoms. The predicted octanol–water partition coefficient (Wildman–Crippen LogP) is -4.51. The van der Waals surface area contributed by atoms with Gasteiger partial charge in [0.2, 0.25) is 0 Å². The Kier molecular flexibility index (Phi) is 21.2. The van der Waals surface area contributed by atoms with E-state index in [-0.39, 0.29) is 63.5 Å². The van der Waals surface area contributed by atoms with E-state index in [1.807, 2.05) is 0 Å². The molecular weight excluding hydrogens is 231 g/mol. The summed E-state index contributed by atoms with van der Waals surface area (Å²) in [6, 6.07) is 0. The topological polar surface area (TPSA) is 104 Å². The van der Waals surface area contributed by atoms with Gasteiger partial charge in [-0.15, -0.1) is 0 Å². The van der Waals surface area contributed by atoms with Crippen molar-refractivity contribution in [3.05, 3.63) is 0 Å². The molecule has 0 saturated heterocycles. The maximum Gasteiger partial charge on any atom is 0.683 e. The Morgan fingerprint density at radius 2 is 1.36 bits per heavy atom. The highest BCUT2D eigenvalue weighted by atomic mass is 31.1. The molecule has 0 spiro atoms. The van der Waals surface area contributed by atoms with Crippen molar-refractivity contribution in [2.24, 2.45) is 0 Å². The summed E-state index contributed by atoms with van der Waals surface area (Å²) in [5.74, 6) is 0. The first-order chi connectivity index (χ1) is 3.42. The van der Waals surface area contributed by atoms with Crippen molar-refractivity contribution in [2.45, 2.75) is 0 Å². The lowest BCUT2D eigenvalue weighted by Gasteiger charge is -1.99. The van der Waals surface area contributed by atoms with Crippen LogP contribution in [-0.2, 0) is 13.3 Å². The van der Waals surface area contributed by atoms with Crippen LogP contribution >= 0.6 is 7.91 Å². The van der Waals surface area contributed by atoms with Crippen molar-refractivity contribution in [3.8, 4) is 0 Å².